The number of rotatable bonds is 25. The van der Waals surface area contributed by atoms with Gasteiger partial charge in [0.25, 0.3) is 0 Å². The van der Waals surface area contributed by atoms with Crippen LogP contribution in [0.2, 0.25) is 0 Å². The largest absolute Gasteiger partial charge is 1.00 e. The highest BCUT2D eigenvalue weighted by Gasteiger charge is 2.26. The van der Waals surface area contributed by atoms with Crippen molar-refractivity contribution in [2.24, 2.45) is 0 Å². The zero-order valence-electron chi connectivity index (χ0n) is 24.8. The molecule has 3 heteroatoms. The first kappa shape index (κ1) is 35.7. The van der Waals surface area contributed by atoms with Crippen molar-refractivity contribution in [3.8, 4) is 5.75 Å². The Labute approximate surface area is 244 Å². The Morgan fingerprint density at radius 3 is 1.39 bits per heavy atom. The summed E-state index contributed by atoms with van der Waals surface area (Å²) in [6, 6.07) is 8.58. The molecule has 1 aromatic carbocycles. The van der Waals surface area contributed by atoms with Crippen LogP contribution >= 0.6 is 0 Å². The number of ether oxygens (including phenoxy) is 1. The summed E-state index contributed by atoms with van der Waals surface area (Å²) in [7, 11) is 0. The van der Waals surface area contributed by atoms with E-state index in [9.17, 15) is 0 Å². The first-order valence-corrected chi connectivity index (χ1v) is 15.7. The van der Waals surface area contributed by atoms with Gasteiger partial charge >= 0.3 is 0 Å². The summed E-state index contributed by atoms with van der Waals surface area (Å²) in [5.74, 6) is 1.04. The van der Waals surface area contributed by atoms with E-state index in [0.29, 0.717) is 0 Å². The molecule has 0 aliphatic heterocycles. The lowest BCUT2D eigenvalue weighted by Crippen LogP contribution is -3.00. The Bertz CT molecular complexity index is 550. The van der Waals surface area contributed by atoms with Gasteiger partial charge < -0.3 is 33.2 Å². The molecule has 0 N–H and O–H groups in total. The van der Waals surface area contributed by atoms with E-state index in [1.807, 2.05) is 0 Å². The lowest BCUT2D eigenvalue weighted by atomic mass is 10.1. The molecule has 0 atom stereocenters. The third kappa shape index (κ3) is 18.9. The highest BCUT2D eigenvalue weighted by atomic mass is 127. The topological polar surface area (TPSA) is 9.23 Å². The highest BCUT2D eigenvalue weighted by molar-refractivity contribution is 5.27. The summed E-state index contributed by atoms with van der Waals surface area (Å²) in [5.41, 5.74) is 1.29. The molecule has 0 fully saturated rings. The minimum absolute atomic E-state index is 0. The highest BCUT2D eigenvalue weighted by Crippen LogP contribution is 2.20. The van der Waals surface area contributed by atoms with Gasteiger partial charge in [0.05, 0.1) is 19.6 Å². The van der Waals surface area contributed by atoms with Gasteiger partial charge in [-0.3, -0.25) is 0 Å². The second kappa shape index (κ2) is 25.0. The van der Waals surface area contributed by atoms with Crippen LogP contribution in [0.3, 0.4) is 0 Å². The summed E-state index contributed by atoms with van der Waals surface area (Å²) in [5, 5.41) is 0. The molecule has 0 saturated heterocycles. The molecule has 0 bridgehead atoms. The summed E-state index contributed by atoms with van der Waals surface area (Å²) in [6.07, 6.45) is 25.1. The van der Waals surface area contributed by atoms with Gasteiger partial charge in [0.2, 0.25) is 0 Å². The third-order valence-electron chi connectivity index (χ3n) is 7.78. The van der Waals surface area contributed by atoms with Crippen molar-refractivity contribution in [3.63, 3.8) is 0 Å². The van der Waals surface area contributed by atoms with Crippen molar-refractivity contribution in [3.05, 3.63) is 29.8 Å². The van der Waals surface area contributed by atoms with E-state index in [1.165, 1.54) is 152 Å². The SMILES string of the molecule is CCCCCCCC[N+](CCCCCCCC)(CCCCCCCC)CCOc1cccc(C)c1.[I-]. The van der Waals surface area contributed by atoms with E-state index in [-0.39, 0.29) is 24.0 Å². The smallest absolute Gasteiger partial charge is 0.137 e. The zero-order valence-corrected chi connectivity index (χ0v) is 27.0. The van der Waals surface area contributed by atoms with Gasteiger partial charge in [0.15, 0.2) is 0 Å². The lowest BCUT2D eigenvalue weighted by molar-refractivity contribution is -0.928. The molecule has 2 nitrogen and oxygen atoms in total. The Morgan fingerprint density at radius 2 is 0.972 bits per heavy atom. The normalized spacial score (nSPS) is 11.4. The molecular weight excluding hydrogens is 553 g/mol. The van der Waals surface area contributed by atoms with Crippen LogP contribution in [0, 0.1) is 6.92 Å². The molecular formula is C33H62INO. The van der Waals surface area contributed by atoms with Crippen LogP contribution in [0.1, 0.15) is 142 Å². The Kier molecular flexibility index (Phi) is 24.8. The maximum absolute atomic E-state index is 6.30. The number of halogens is 1. The van der Waals surface area contributed by atoms with Gasteiger partial charge in [0.1, 0.15) is 18.9 Å². The van der Waals surface area contributed by atoms with E-state index in [4.69, 9.17) is 4.74 Å². The second-order valence-corrected chi connectivity index (χ2v) is 11.2. The molecule has 1 aromatic rings. The Hall–Kier alpha value is -0.290. The summed E-state index contributed by atoms with van der Waals surface area (Å²) in [4.78, 5) is 0. The molecule has 0 aliphatic rings. The van der Waals surface area contributed by atoms with Gasteiger partial charge in [-0.05, 0) is 63.1 Å². The van der Waals surface area contributed by atoms with Crippen molar-refractivity contribution in [1.82, 2.24) is 0 Å². The van der Waals surface area contributed by atoms with Crippen molar-refractivity contribution in [1.29, 1.82) is 0 Å². The number of aryl methyl sites for hydroxylation is 1. The van der Waals surface area contributed by atoms with Gasteiger partial charge in [-0.25, -0.2) is 0 Å². The molecule has 212 valence electrons. The van der Waals surface area contributed by atoms with Crippen LogP contribution in [0.5, 0.6) is 5.75 Å². The Balaban J connectivity index is 0.0000122. The Morgan fingerprint density at radius 1 is 0.556 bits per heavy atom. The molecule has 36 heavy (non-hydrogen) atoms. The van der Waals surface area contributed by atoms with Crippen molar-refractivity contribution in [2.75, 3.05) is 32.8 Å². The molecule has 0 spiro atoms. The standard InChI is InChI=1S/C33H62NO.HI/c1-5-8-11-14-17-20-26-34(27-21-18-15-12-9-6-2,28-22-19-16-13-10-7-3)29-30-35-33-25-23-24-32(4)31-33;/h23-25,31H,5-22,26-30H2,1-4H3;1H/q+1;/p-1. The van der Waals surface area contributed by atoms with Gasteiger partial charge in [-0.1, -0.05) is 110 Å². The van der Waals surface area contributed by atoms with E-state index >= 15 is 0 Å². The van der Waals surface area contributed by atoms with Crippen LogP contribution < -0.4 is 28.7 Å². The molecule has 0 amide bonds. The van der Waals surface area contributed by atoms with Gasteiger partial charge in [-0.15, -0.1) is 0 Å². The van der Waals surface area contributed by atoms with Crippen LogP contribution in [-0.4, -0.2) is 37.3 Å². The number of unbranched alkanes of at least 4 members (excludes halogenated alkanes) is 15. The van der Waals surface area contributed by atoms with E-state index < -0.39 is 0 Å². The third-order valence-corrected chi connectivity index (χ3v) is 7.78. The monoisotopic (exact) mass is 615 g/mol. The van der Waals surface area contributed by atoms with Crippen LogP contribution in [-0.2, 0) is 0 Å². The fourth-order valence-corrected chi connectivity index (χ4v) is 5.42. The number of nitrogens with zero attached hydrogens (tertiary/aromatic N) is 1. The molecule has 0 radical (unpaired) electrons. The number of benzene rings is 1. The van der Waals surface area contributed by atoms with Gasteiger partial charge in [0, 0.05) is 0 Å². The second-order valence-electron chi connectivity index (χ2n) is 11.2. The van der Waals surface area contributed by atoms with Crippen LogP contribution in [0.15, 0.2) is 24.3 Å². The molecule has 0 saturated carbocycles. The molecule has 0 aromatic heterocycles. The molecule has 0 heterocycles. The molecule has 0 aliphatic carbocycles. The maximum atomic E-state index is 6.30. The molecule has 1 rings (SSSR count). The van der Waals surface area contributed by atoms with Crippen LogP contribution in [0.25, 0.3) is 0 Å². The van der Waals surface area contributed by atoms with E-state index in [0.717, 1.165) is 12.4 Å². The average molecular weight is 616 g/mol. The van der Waals surface area contributed by atoms with Gasteiger partial charge in [-0.2, -0.15) is 0 Å². The fourth-order valence-electron chi connectivity index (χ4n) is 5.42. The first-order chi connectivity index (χ1) is 17.2. The molecule has 0 unspecified atom stereocenters. The zero-order chi connectivity index (χ0) is 25.5. The summed E-state index contributed by atoms with van der Waals surface area (Å²) < 4.78 is 7.60. The van der Waals surface area contributed by atoms with Crippen molar-refractivity contribution in [2.45, 2.75) is 143 Å². The number of hydrogen-bond acceptors (Lipinski definition) is 1. The minimum atomic E-state index is 0. The minimum Gasteiger partial charge on any atom is -1.00 e. The van der Waals surface area contributed by atoms with Crippen molar-refractivity contribution >= 4 is 0 Å². The average Bonchev–Trinajstić information content (AvgIpc) is 2.85. The summed E-state index contributed by atoms with van der Waals surface area (Å²) >= 11 is 0. The number of quaternary nitrogens is 1. The van der Waals surface area contributed by atoms with E-state index in [1.54, 1.807) is 0 Å². The number of hydrogen-bond donors (Lipinski definition) is 0. The quantitative estimate of drug-likeness (QED) is 0.0639. The predicted molar refractivity (Wildman–Crippen MR) is 157 cm³/mol. The predicted octanol–water partition coefficient (Wildman–Crippen LogP) is 7.28. The maximum Gasteiger partial charge on any atom is 0.137 e. The first-order valence-electron chi connectivity index (χ1n) is 15.7. The summed E-state index contributed by atoms with van der Waals surface area (Å²) in [6.45, 7) is 15.2. The van der Waals surface area contributed by atoms with Crippen molar-refractivity contribution < 1.29 is 33.2 Å². The lowest BCUT2D eigenvalue weighted by Gasteiger charge is -2.39. The fraction of sp³-hybridized carbons (Fsp3) is 0.818. The van der Waals surface area contributed by atoms with E-state index in [2.05, 4.69) is 52.0 Å². The van der Waals surface area contributed by atoms with Crippen LogP contribution in [0.4, 0.5) is 0 Å².